The lowest BCUT2D eigenvalue weighted by molar-refractivity contribution is 0.107. The van der Waals surface area contributed by atoms with Gasteiger partial charge in [0, 0.05) is 0 Å². The molecular formula is C14H28. The van der Waals surface area contributed by atoms with Gasteiger partial charge >= 0.3 is 0 Å². The molecule has 1 spiro atoms. The molecule has 0 aromatic rings. The van der Waals surface area contributed by atoms with Crippen LogP contribution in [0, 0.1) is 10.8 Å². The van der Waals surface area contributed by atoms with Gasteiger partial charge in [-0.1, -0.05) is 40.5 Å². The zero-order valence-electron chi connectivity index (χ0n) is 10.7. The molecule has 0 nitrogen and oxygen atoms in total. The zero-order chi connectivity index (χ0) is 10.7. The van der Waals surface area contributed by atoms with Gasteiger partial charge in [-0.05, 0) is 49.4 Å². The fraction of sp³-hybridized carbons (Fsp3) is 1.00. The normalized spacial score (nSPS) is 28.3. The van der Waals surface area contributed by atoms with Gasteiger partial charge in [0.05, 0.1) is 0 Å². The van der Waals surface area contributed by atoms with E-state index in [-0.39, 0.29) is 0 Å². The van der Waals surface area contributed by atoms with Crippen molar-refractivity contribution in [2.75, 3.05) is 0 Å². The summed E-state index contributed by atoms with van der Waals surface area (Å²) in [6.07, 6.45) is 12.1. The Morgan fingerprint density at radius 2 is 1.07 bits per heavy atom. The first-order valence-electron chi connectivity index (χ1n) is 6.62. The smallest absolute Gasteiger partial charge is 0.0297 e. The van der Waals surface area contributed by atoms with E-state index in [0.717, 1.165) is 5.41 Å². The minimum atomic E-state index is 0.661. The van der Waals surface area contributed by atoms with E-state index in [0.29, 0.717) is 5.41 Å². The zero-order valence-corrected chi connectivity index (χ0v) is 10.7. The van der Waals surface area contributed by atoms with Gasteiger partial charge in [0.25, 0.3) is 0 Å². The van der Waals surface area contributed by atoms with Crippen LogP contribution in [0.3, 0.4) is 0 Å². The Bertz CT molecular complexity index is 149. The van der Waals surface area contributed by atoms with Crippen molar-refractivity contribution in [1.82, 2.24) is 0 Å². The van der Waals surface area contributed by atoms with Crippen LogP contribution in [0.5, 0.6) is 0 Å². The van der Waals surface area contributed by atoms with E-state index in [1.54, 1.807) is 12.8 Å². The summed E-state index contributed by atoms with van der Waals surface area (Å²) in [4.78, 5) is 0. The predicted octanol–water partition coefficient (Wildman–Crippen LogP) is 5.17. The molecule has 2 aliphatic carbocycles. The largest absolute Gasteiger partial charge is 0.0683 e. The molecule has 0 heteroatoms. The molecule has 2 saturated carbocycles. The average molecular weight is 196 g/mol. The van der Waals surface area contributed by atoms with Crippen molar-refractivity contribution in [3.63, 3.8) is 0 Å². The van der Waals surface area contributed by atoms with Crippen LogP contribution >= 0.6 is 0 Å². The van der Waals surface area contributed by atoms with Crippen LogP contribution in [0.4, 0.5) is 0 Å². The molecule has 0 bridgehead atoms. The molecule has 0 aromatic carbocycles. The molecule has 0 aliphatic heterocycles. The van der Waals surface area contributed by atoms with Crippen molar-refractivity contribution in [2.24, 2.45) is 10.8 Å². The fourth-order valence-electron chi connectivity index (χ4n) is 3.08. The quantitative estimate of drug-likeness (QED) is 0.501. The lowest BCUT2D eigenvalue weighted by Crippen LogP contribution is -2.28. The SMILES string of the molecule is CC.CC1(C)CCC2(CCCC2)CC1. The number of hydrogen-bond donors (Lipinski definition) is 0. The van der Waals surface area contributed by atoms with Crippen LogP contribution in [0.1, 0.15) is 79.1 Å². The second kappa shape index (κ2) is 4.68. The maximum absolute atomic E-state index is 2.44. The first-order chi connectivity index (χ1) is 6.62. The highest BCUT2D eigenvalue weighted by Crippen LogP contribution is 2.53. The van der Waals surface area contributed by atoms with Crippen molar-refractivity contribution in [1.29, 1.82) is 0 Å². The summed E-state index contributed by atoms with van der Waals surface area (Å²) in [7, 11) is 0. The maximum atomic E-state index is 2.44. The van der Waals surface area contributed by atoms with Gasteiger partial charge in [-0.15, -0.1) is 0 Å². The van der Waals surface area contributed by atoms with Crippen LogP contribution in [0.25, 0.3) is 0 Å². The fourth-order valence-corrected chi connectivity index (χ4v) is 3.08. The Labute approximate surface area is 90.5 Å². The van der Waals surface area contributed by atoms with Gasteiger partial charge < -0.3 is 0 Å². The molecule has 0 saturated heterocycles. The van der Waals surface area contributed by atoms with Crippen LogP contribution in [0.15, 0.2) is 0 Å². The third-order valence-electron chi connectivity index (χ3n) is 4.33. The lowest BCUT2D eigenvalue weighted by Gasteiger charge is -2.41. The Kier molecular flexibility index (Phi) is 4.04. The molecule has 0 unspecified atom stereocenters. The topological polar surface area (TPSA) is 0 Å². The van der Waals surface area contributed by atoms with Gasteiger partial charge in [0.1, 0.15) is 0 Å². The Hall–Kier alpha value is 0. The number of hydrogen-bond acceptors (Lipinski definition) is 0. The summed E-state index contributed by atoms with van der Waals surface area (Å²) in [6.45, 7) is 8.88. The van der Waals surface area contributed by atoms with Crippen molar-refractivity contribution >= 4 is 0 Å². The molecule has 0 amide bonds. The minimum absolute atomic E-state index is 0.661. The van der Waals surface area contributed by atoms with Gasteiger partial charge in [-0.3, -0.25) is 0 Å². The van der Waals surface area contributed by atoms with Gasteiger partial charge in [0.2, 0.25) is 0 Å². The molecule has 2 fully saturated rings. The Morgan fingerprint density at radius 3 is 1.50 bits per heavy atom. The predicted molar refractivity (Wildman–Crippen MR) is 64.5 cm³/mol. The molecule has 0 atom stereocenters. The van der Waals surface area contributed by atoms with E-state index >= 15 is 0 Å². The van der Waals surface area contributed by atoms with Crippen LogP contribution in [0.2, 0.25) is 0 Å². The van der Waals surface area contributed by atoms with Crippen LogP contribution in [-0.2, 0) is 0 Å². The van der Waals surface area contributed by atoms with Crippen LogP contribution in [-0.4, -0.2) is 0 Å². The molecule has 0 radical (unpaired) electrons. The van der Waals surface area contributed by atoms with E-state index in [2.05, 4.69) is 13.8 Å². The van der Waals surface area contributed by atoms with Gasteiger partial charge in [-0.2, -0.15) is 0 Å². The third-order valence-corrected chi connectivity index (χ3v) is 4.33. The molecule has 0 aromatic heterocycles. The second-order valence-electron chi connectivity index (χ2n) is 5.87. The highest BCUT2D eigenvalue weighted by atomic mass is 14.4. The molecule has 14 heavy (non-hydrogen) atoms. The van der Waals surface area contributed by atoms with E-state index in [1.165, 1.54) is 38.5 Å². The number of rotatable bonds is 0. The molecule has 0 heterocycles. The minimum Gasteiger partial charge on any atom is -0.0683 e. The van der Waals surface area contributed by atoms with E-state index in [4.69, 9.17) is 0 Å². The highest BCUT2D eigenvalue weighted by Gasteiger charge is 2.39. The van der Waals surface area contributed by atoms with Crippen molar-refractivity contribution in [2.45, 2.75) is 79.1 Å². The van der Waals surface area contributed by atoms with Gasteiger partial charge in [-0.25, -0.2) is 0 Å². The summed E-state index contributed by atoms with van der Waals surface area (Å²) in [5, 5.41) is 0. The monoisotopic (exact) mass is 196 g/mol. The molecular weight excluding hydrogens is 168 g/mol. The maximum Gasteiger partial charge on any atom is -0.0297 e. The molecule has 0 N–H and O–H groups in total. The van der Waals surface area contributed by atoms with E-state index in [9.17, 15) is 0 Å². The first kappa shape index (κ1) is 12.1. The summed E-state index contributed by atoms with van der Waals surface area (Å²) in [5.74, 6) is 0. The highest BCUT2D eigenvalue weighted by molar-refractivity contribution is 4.91. The first-order valence-corrected chi connectivity index (χ1v) is 6.62. The third kappa shape index (κ3) is 2.74. The van der Waals surface area contributed by atoms with Crippen LogP contribution < -0.4 is 0 Å². The molecule has 84 valence electrons. The molecule has 2 aliphatic rings. The van der Waals surface area contributed by atoms with E-state index in [1.807, 2.05) is 13.8 Å². The van der Waals surface area contributed by atoms with Gasteiger partial charge in [0.15, 0.2) is 0 Å². The van der Waals surface area contributed by atoms with Crippen molar-refractivity contribution in [3.05, 3.63) is 0 Å². The summed E-state index contributed by atoms with van der Waals surface area (Å²) >= 11 is 0. The Morgan fingerprint density at radius 1 is 0.643 bits per heavy atom. The van der Waals surface area contributed by atoms with Crippen molar-refractivity contribution < 1.29 is 0 Å². The lowest BCUT2D eigenvalue weighted by atomic mass is 9.64. The molecule has 2 rings (SSSR count). The standard InChI is InChI=1S/C12H22.C2H6/c1-11(2)7-9-12(10-8-11)5-3-4-6-12;1-2/h3-10H2,1-2H3;1-2H3. The summed E-state index contributed by atoms with van der Waals surface area (Å²) in [5.41, 5.74) is 1.49. The average Bonchev–Trinajstić information content (AvgIpc) is 2.64. The summed E-state index contributed by atoms with van der Waals surface area (Å²) < 4.78 is 0. The second-order valence-corrected chi connectivity index (χ2v) is 5.87. The van der Waals surface area contributed by atoms with Crippen molar-refractivity contribution in [3.8, 4) is 0 Å². The summed E-state index contributed by atoms with van der Waals surface area (Å²) in [6, 6.07) is 0. The Balaban J connectivity index is 0.000000461. The van der Waals surface area contributed by atoms with E-state index < -0.39 is 0 Å².